The molecule has 1 aliphatic rings. The molecule has 0 unspecified atom stereocenters. The van der Waals surface area contributed by atoms with Gasteiger partial charge in [0.1, 0.15) is 12.0 Å². The van der Waals surface area contributed by atoms with E-state index >= 15 is 0 Å². The van der Waals surface area contributed by atoms with Crippen LogP contribution in [-0.2, 0) is 19.4 Å². The maximum atomic E-state index is 5.56. The number of fused-ring (bicyclic) bond motifs is 1. The summed E-state index contributed by atoms with van der Waals surface area (Å²) in [6.07, 6.45) is 3.62. The summed E-state index contributed by atoms with van der Waals surface area (Å²) in [5, 5.41) is 8.62. The number of thiophene rings is 1. The lowest BCUT2D eigenvalue weighted by atomic mass is 10.1. The van der Waals surface area contributed by atoms with Gasteiger partial charge in [0, 0.05) is 20.0 Å². The molecule has 4 rings (SSSR count). The van der Waals surface area contributed by atoms with Crippen molar-refractivity contribution in [2.75, 3.05) is 20.2 Å². The van der Waals surface area contributed by atoms with Crippen molar-refractivity contribution in [1.82, 2.24) is 15.6 Å². The summed E-state index contributed by atoms with van der Waals surface area (Å²) in [5.74, 6) is 2.43. The molecule has 0 fully saturated rings. The molecule has 2 N–H and O–H groups in total. The minimum absolute atomic E-state index is 0.560. The SMILES string of the molecule is CN=C(NCCc1ccc2c(c1)CCO2)NCc1coc(-c2cccs2)n1. The Kier molecular flexibility index (Phi) is 5.39. The monoisotopic (exact) mass is 382 g/mol. The first-order chi connectivity index (χ1) is 13.3. The summed E-state index contributed by atoms with van der Waals surface area (Å²) in [6, 6.07) is 10.4. The van der Waals surface area contributed by atoms with Gasteiger partial charge in [0.2, 0.25) is 5.89 Å². The first kappa shape index (κ1) is 17.6. The molecule has 0 saturated heterocycles. The second kappa shape index (κ2) is 8.26. The largest absolute Gasteiger partial charge is 0.493 e. The fourth-order valence-electron chi connectivity index (χ4n) is 3.02. The molecule has 3 heterocycles. The van der Waals surface area contributed by atoms with E-state index in [9.17, 15) is 0 Å². The van der Waals surface area contributed by atoms with Crippen molar-refractivity contribution in [2.45, 2.75) is 19.4 Å². The van der Waals surface area contributed by atoms with Crippen molar-refractivity contribution in [3.63, 3.8) is 0 Å². The van der Waals surface area contributed by atoms with Crippen LogP contribution in [0.3, 0.4) is 0 Å². The minimum Gasteiger partial charge on any atom is -0.493 e. The minimum atomic E-state index is 0.560. The Hall–Kier alpha value is -2.80. The van der Waals surface area contributed by atoms with Gasteiger partial charge in [-0.3, -0.25) is 4.99 Å². The molecule has 0 atom stereocenters. The fraction of sp³-hybridized carbons (Fsp3) is 0.300. The highest BCUT2D eigenvalue weighted by molar-refractivity contribution is 7.13. The third-order valence-corrected chi connectivity index (χ3v) is 5.26. The van der Waals surface area contributed by atoms with E-state index in [0.29, 0.717) is 12.4 Å². The van der Waals surface area contributed by atoms with Crippen LogP contribution < -0.4 is 15.4 Å². The van der Waals surface area contributed by atoms with Crippen molar-refractivity contribution in [1.29, 1.82) is 0 Å². The molecule has 140 valence electrons. The number of benzene rings is 1. The van der Waals surface area contributed by atoms with Crippen molar-refractivity contribution in [3.8, 4) is 16.5 Å². The number of nitrogens with zero attached hydrogens (tertiary/aromatic N) is 2. The van der Waals surface area contributed by atoms with Crippen LogP contribution in [0.2, 0.25) is 0 Å². The Morgan fingerprint density at radius 2 is 2.26 bits per heavy atom. The lowest BCUT2D eigenvalue weighted by Gasteiger charge is -2.11. The molecule has 1 aromatic carbocycles. The van der Waals surface area contributed by atoms with Crippen molar-refractivity contribution in [2.24, 2.45) is 4.99 Å². The quantitative estimate of drug-likeness (QED) is 0.506. The molecule has 0 radical (unpaired) electrons. The van der Waals surface area contributed by atoms with Crippen LogP contribution in [0, 0.1) is 0 Å². The van der Waals surface area contributed by atoms with Crippen LogP contribution in [0.5, 0.6) is 5.75 Å². The normalized spacial score (nSPS) is 13.3. The fourth-order valence-corrected chi connectivity index (χ4v) is 3.67. The Labute approximate surface area is 162 Å². The molecule has 0 bridgehead atoms. The maximum Gasteiger partial charge on any atom is 0.236 e. The highest BCUT2D eigenvalue weighted by Crippen LogP contribution is 2.26. The number of nitrogens with one attached hydrogen (secondary N) is 2. The van der Waals surface area contributed by atoms with Crippen LogP contribution in [0.4, 0.5) is 0 Å². The summed E-state index contributed by atoms with van der Waals surface area (Å²) in [7, 11) is 1.77. The third-order valence-electron chi connectivity index (χ3n) is 4.40. The van der Waals surface area contributed by atoms with Gasteiger partial charge in [-0.15, -0.1) is 11.3 Å². The number of oxazole rings is 1. The van der Waals surface area contributed by atoms with Gasteiger partial charge < -0.3 is 19.8 Å². The number of aromatic nitrogens is 1. The number of hydrogen-bond acceptors (Lipinski definition) is 5. The van der Waals surface area contributed by atoms with Gasteiger partial charge in [0.05, 0.1) is 23.7 Å². The van der Waals surface area contributed by atoms with Gasteiger partial charge in [0.15, 0.2) is 5.96 Å². The third kappa shape index (κ3) is 4.31. The molecule has 1 aliphatic heterocycles. The predicted octanol–water partition coefficient (Wildman–Crippen LogP) is 3.25. The summed E-state index contributed by atoms with van der Waals surface area (Å²) in [5.41, 5.74) is 3.46. The van der Waals surface area contributed by atoms with Crippen LogP contribution >= 0.6 is 11.3 Å². The molecule has 0 spiro atoms. The van der Waals surface area contributed by atoms with Gasteiger partial charge in [-0.2, -0.15) is 0 Å². The van der Waals surface area contributed by atoms with Crippen LogP contribution in [0.1, 0.15) is 16.8 Å². The Morgan fingerprint density at radius 1 is 1.30 bits per heavy atom. The van der Waals surface area contributed by atoms with E-state index in [1.165, 1.54) is 11.1 Å². The van der Waals surface area contributed by atoms with Gasteiger partial charge in [-0.05, 0) is 35.1 Å². The zero-order valence-corrected chi connectivity index (χ0v) is 16.0. The Bertz CT molecular complexity index is 918. The number of hydrogen-bond donors (Lipinski definition) is 2. The van der Waals surface area contributed by atoms with Gasteiger partial charge in [-0.25, -0.2) is 4.98 Å². The molecule has 2 aromatic heterocycles. The first-order valence-corrected chi connectivity index (χ1v) is 9.87. The topological polar surface area (TPSA) is 71.7 Å². The number of aliphatic imine (C=N–C) groups is 1. The average Bonchev–Trinajstić information content (AvgIpc) is 3.45. The highest BCUT2D eigenvalue weighted by atomic mass is 32.1. The van der Waals surface area contributed by atoms with Gasteiger partial charge in [0.25, 0.3) is 0 Å². The molecular formula is C20H22N4O2S. The van der Waals surface area contributed by atoms with Crippen molar-refractivity contribution in [3.05, 3.63) is 58.8 Å². The number of guanidine groups is 1. The van der Waals surface area contributed by atoms with Gasteiger partial charge >= 0.3 is 0 Å². The zero-order valence-electron chi connectivity index (χ0n) is 15.2. The number of rotatable bonds is 6. The number of ether oxygens (including phenoxy) is 1. The molecule has 0 amide bonds. The summed E-state index contributed by atoms with van der Waals surface area (Å²) >= 11 is 1.61. The predicted molar refractivity (Wildman–Crippen MR) is 107 cm³/mol. The first-order valence-electron chi connectivity index (χ1n) is 8.99. The Morgan fingerprint density at radius 3 is 3.11 bits per heavy atom. The summed E-state index contributed by atoms with van der Waals surface area (Å²) in [6.45, 7) is 2.16. The Balaban J connectivity index is 1.25. The van der Waals surface area contributed by atoms with E-state index in [2.05, 4.69) is 38.8 Å². The van der Waals surface area contributed by atoms with E-state index in [4.69, 9.17) is 9.15 Å². The molecule has 6 nitrogen and oxygen atoms in total. The average molecular weight is 382 g/mol. The molecule has 0 aliphatic carbocycles. The molecular weight excluding hydrogens is 360 g/mol. The highest BCUT2D eigenvalue weighted by Gasteiger charge is 2.12. The summed E-state index contributed by atoms with van der Waals surface area (Å²) < 4.78 is 11.1. The van der Waals surface area contributed by atoms with E-state index in [-0.39, 0.29) is 0 Å². The second-order valence-corrected chi connectivity index (χ2v) is 7.21. The van der Waals surface area contributed by atoms with Crippen LogP contribution in [0.15, 0.2) is 51.4 Å². The van der Waals surface area contributed by atoms with Crippen molar-refractivity contribution >= 4 is 17.3 Å². The van der Waals surface area contributed by atoms with Crippen molar-refractivity contribution < 1.29 is 9.15 Å². The molecule has 7 heteroatoms. The van der Waals surface area contributed by atoms with E-state index in [0.717, 1.165) is 48.3 Å². The molecule has 3 aromatic rings. The lowest BCUT2D eigenvalue weighted by molar-refractivity contribution is 0.357. The van der Waals surface area contributed by atoms with E-state index in [1.54, 1.807) is 24.6 Å². The summed E-state index contributed by atoms with van der Waals surface area (Å²) in [4.78, 5) is 9.80. The lowest BCUT2D eigenvalue weighted by Crippen LogP contribution is -2.37. The standard InChI is InChI=1S/C20H22N4O2S/c1-21-20(22-8-6-14-4-5-17-15(11-14)7-9-25-17)23-12-16-13-26-19(24-16)18-3-2-10-27-18/h2-5,10-11,13H,6-9,12H2,1H3,(H2,21,22,23). The second-order valence-electron chi connectivity index (χ2n) is 6.26. The van der Waals surface area contributed by atoms with E-state index < -0.39 is 0 Å². The smallest absolute Gasteiger partial charge is 0.236 e. The van der Waals surface area contributed by atoms with Crippen LogP contribution in [-0.4, -0.2) is 31.1 Å². The zero-order chi connectivity index (χ0) is 18.5. The maximum absolute atomic E-state index is 5.56. The molecule has 0 saturated carbocycles. The van der Waals surface area contributed by atoms with Gasteiger partial charge in [-0.1, -0.05) is 18.2 Å². The molecule has 27 heavy (non-hydrogen) atoms. The van der Waals surface area contributed by atoms with Crippen LogP contribution in [0.25, 0.3) is 10.8 Å². The van der Waals surface area contributed by atoms with E-state index in [1.807, 2.05) is 17.5 Å².